The molecule has 0 unspecified atom stereocenters. The van der Waals surface area contributed by atoms with Crippen molar-refractivity contribution in [1.82, 2.24) is 24.8 Å². The summed E-state index contributed by atoms with van der Waals surface area (Å²) in [5, 5.41) is 13.0. The van der Waals surface area contributed by atoms with Gasteiger partial charge >= 0.3 is 0 Å². The van der Waals surface area contributed by atoms with E-state index in [1.165, 1.54) is 24.0 Å². The standard InChI is InChI=1S/C20H25N5O/c1-3-24-12-17(11-21-24)16-7-8-19(15(2)10-16)20-14-25(23-22-20)13-18-6-4-5-9-26-18/h7-8,10-12,14,18H,3-6,9,13H2,1-2H3/t18-/m1/s1. The molecule has 1 atom stereocenters. The van der Waals surface area contributed by atoms with Crippen molar-refractivity contribution in [2.75, 3.05) is 6.61 Å². The summed E-state index contributed by atoms with van der Waals surface area (Å²) < 4.78 is 9.65. The van der Waals surface area contributed by atoms with Gasteiger partial charge in [0.1, 0.15) is 5.69 Å². The Morgan fingerprint density at radius 3 is 2.81 bits per heavy atom. The second-order valence-electron chi connectivity index (χ2n) is 6.93. The van der Waals surface area contributed by atoms with E-state index in [4.69, 9.17) is 4.74 Å². The summed E-state index contributed by atoms with van der Waals surface area (Å²) in [6.45, 7) is 6.73. The zero-order valence-electron chi connectivity index (χ0n) is 15.4. The van der Waals surface area contributed by atoms with Crippen molar-refractivity contribution in [1.29, 1.82) is 0 Å². The largest absolute Gasteiger partial charge is 0.376 e. The van der Waals surface area contributed by atoms with Crippen LogP contribution in [0.25, 0.3) is 22.4 Å². The van der Waals surface area contributed by atoms with Gasteiger partial charge in [-0.2, -0.15) is 5.10 Å². The molecule has 1 saturated heterocycles. The van der Waals surface area contributed by atoms with E-state index in [-0.39, 0.29) is 6.10 Å². The maximum atomic E-state index is 5.80. The lowest BCUT2D eigenvalue weighted by molar-refractivity contribution is 0.00370. The summed E-state index contributed by atoms with van der Waals surface area (Å²) in [7, 11) is 0. The molecule has 0 aliphatic carbocycles. The zero-order chi connectivity index (χ0) is 17.9. The Balaban J connectivity index is 1.52. The quantitative estimate of drug-likeness (QED) is 0.703. The number of ether oxygens (including phenoxy) is 1. The first-order chi connectivity index (χ1) is 12.7. The smallest absolute Gasteiger partial charge is 0.113 e. The molecule has 0 N–H and O–H groups in total. The average Bonchev–Trinajstić information content (AvgIpc) is 3.32. The maximum absolute atomic E-state index is 5.80. The molecule has 0 amide bonds. The lowest BCUT2D eigenvalue weighted by Gasteiger charge is -2.21. The molecule has 0 bridgehead atoms. The molecular weight excluding hydrogens is 326 g/mol. The fourth-order valence-corrected chi connectivity index (χ4v) is 3.49. The van der Waals surface area contributed by atoms with Crippen molar-refractivity contribution in [3.63, 3.8) is 0 Å². The van der Waals surface area contributed by atoms with Crippen LogP contribution in [0.5, 0.6) is 0 Å². The SMILES string of the molecule is CCn1cc(-c2ccc(-c3cn(C[C@H]4CCCCO4)nn3)c(C)c2)cn1. The lowest BCUT2D eigenvalue weighted by atomic mass is 10.0. The number of aryl methyl sites for hydroxylation is 2. The first kappa shape index (κ1) is 17.0. The van der Waals surface area contributed by atoms with Gasteiger partial charge in [-0.1, -0.05) is 23.4 Å². The van der Waals surface area contributed by atoms with Gasteiger partial charge in [-0.3, -0.25) is 4.68 Å². The normalized spacial score (nSPS) is 17.5. The minimum atomic E-state index is 0.261. The highest BCUT2D eigenvalue weighted by molar-refractivity contribution is 5.70. The molecule has 1 aromatic carbocycles. The second kappa shape index (κ2) is 7.41. The Morgan fingerprint density at radius 1 is 1.15 bits per heavy atom. The van der Waals surface area contributed by atoms with Gasteiger partial charge in [-0.25, -0.2) is 4.68 Å². The Morgan fingerprint density at radius 2 is 2.08 bits per heavy atom. The molecule has 0 radical (unpaired) electrons. The minimum absolute atomic E-state index is 0.261. The molecule has 3 heterocycles. The van der Waals surface area contributed by atoms with Crippen molar-refractivity contribution < 1.29 is 4.74 Å². The van der Waals surface area contributed by atoms with Gasteiger partial charge in [0.15, 0.2) is 0 Å². The minimum Gasteiger partial charge on any atom is -0.376 e. The molecule has 0 spiro atoms. The van der Waals surface area contributed by atoms with Gasteiger partial charge in [-0.15, -0.1) is 5.10 Å². The molecule has 6 heteroatoms. The topological polar surface area (TPSA) is 57.8 Å². The van der Waals surface area contributed by atoms with E-state index < -0.39 is 0 Å². The highest BCUT2D eigenvalue weighted by Gasteiger charge is 2.16. The van der Waals surface area contributed by atoms with Crippen molar-refractivity contribution >= 4 is 0 Å². The van der Waals surface area contributed by atoms with Gasteiger partial charge in [0.2, 0.25) is 0 Å². The van der Waals surface area contributed by atoms with Gasteiger partial charge in [0, 0.05) is 30.5 Å². The summed E-state index contributed by atoms with van der Waals surface area (Å²) in [5.74, 6) is 0. The fraction of sp³-hybridized carbons (Fsp3) is 0.450. The van der Waals surface area contributed by atoms with Crippen LogP contribution in [0.3, 0.4) is 0 Å². The first-order valence-electron chi connectivity index (χ1n) is 9.38. The second-order valence-corrected chi connectivity index (χ2v) is 6.93. The lowest BCUT2D eigenvalue weighted by Crippen LogP contribution is -2.24. The van der Waals surface area contributed by atoms with Crippen molar-refractivity contribution in [3.8, 4) is 22.4 Å². The van der Waals surface area contributed by atoms with Crippen LogP contribution in [0, 0.1) is 6.92 Å². The molecule has 26 heavy (non-hydrogen) atoms. The number of aromatic nitrogens is 5. The van der Waals surface area contributed by atoms with Gasteiger partial charge < -0.3 is 4.74 Å². The predicted molar refractivity (Wildman–Crippen MR) is 101 cm³/mol. The van der Waals surface area contributed by atoms with E-state index in [1.54, 1.807) is 0 Å². The van der Waals surface area contributed by atoms with E-state index in [2.05, 4.69) is 53.7 Å². The molecule has 3 aromatic rings. The molecule has 0 saturated carbocycles. The zero-order valence-corrected chi connectivity index (χ0v) is 15.4. The maximum Gasteiger partial charge on any atom is 0.113 e. The number of nitrogens with zero attached hydrogens (tertiary/aromatic N) is 5. The van der Waals surface area contributed by atoms with Crippen LogP contribution in [-0.2, 0) is 17.8 Å². The number of hydrogen-bond donors (Lipinski definition) is 0. The summed E-state index contributed by atoms with van der Waals surface area (Å²) in [6.07, 6.45) is 9.79. The summed E-state index contributed by atoms with van der Waals surface area (Å²) in [6, 6.07) is 6.44. The Hall–Kier alpha value is -2.47. The molecule has 2 aromatic heterocycles. The number of hydrogen-bond acceptors (Lipinski definition) is 4. The van der Waals surface area contributed by atoms with Gasteiger partial charge in [-0.05, 0) is 44.2 Å². The van der Waals surface area contributed by atoms with Crippen molar-refractivity contribution in [3.05, 3.63) is 42.4 Å². The third-order valence-corrected chi connectivity index (χ3v) is 5.00. The third kappa shape index (κ3) is 3.55. The average molecular weight is 351 g/mol. The third-order valence-electron chi connectivity index (χ3n) is 5.00. The van der Waals surface area contributed by atoms with Crippen LogP contribution in [-0.4, -0.2) is 37.5 Å². The summed E-state index contributed by atoms with van der Waals surface area (Å²) in [4.78, 5) is 0. The molecule has 1 fully saturated rings. The van der Waals surface area contributed by atoms with Crippen LogP contribution in [0.2, 0.25) is 0 Å². The monoisotopic (exact) mass is 351 g/mol. The number of rotatable bonds is 5. The predicted octanol–water partition coefficient (Wildman–Crippen LogP) is 3.71. The van der Waals surface area contributed by atoms with Crippen molar-refractivity contribution in [2.45, 2.75) is 52.3 Å². The van der Waals surface area contributed by atoms with E-state index in [1.807, 2.05) is 21.8 Å². The van der Waals surface area contributed by atoms with Crippen LogP contribution >= 0.6 is 0 Å². The molecule has 136 valence electrons. The van der Waals surface area contributed by atoms with E-state index >= 15 is 0 Å². The van der Waals surface area contributed by atoms with E-state index in [0.717, 1.165) is 42.9 Å². The summed E-state index contributed by atoms with van der Waals surface area (Å²) in [5.41, 5.74) is 5.53. The van der Waals surface area contributed by atoms with Crippen LogP contribution < -0.4 is 0 Å². The Bertz CT molecular complexity index is 876. The Labute approximate surface area is 153 Å². The molecule has 6 nitrogen and oxygen atoms in total. The highest BCUT2D eigenvalue weighted by atomic mass is 16.5. The van der Waals surface area contributed by atoms with E-state index in [9.17, 15) is 0 Å². The molecular formula is C20H25N5O. The van der Waals surface area contributed by atoms with Crippen molar-refractivity contribution in [2.24, 2.45) is 0 Å². The van der Waals surface area contributed by atoms with Crippen LogP contribution in [0.1, 0.15) is 31.7 Å². The molecule has 1 aliphatic heterocycles. The fourth-order valence-electron chi connectivity index (χ4n) is 3.49. The molecule has 1 aliphatic rings. The first-order valence-corrected chi connectivity index (χ1v) is 9.38. The van der Waals surface area contributed by atoms with Crippen LogP contribution in [0.4, 0.5) is 0 Å². The Kier molecular flexibility index (Phi) is 4.84. The summed E-state index contributed by atoms with van der Waals surface area (Å²) >= 11 is 0. The highest BCUT2D eigenvalue weighted by Crippen LogP contribution is 2.27. The van der Waals surface area contributed by atoms with Gasteiger partial charge in [0.05, 0.1) is 25.0 Å². The van der Waals surface area contributed by atoms with Crippen LogP contribution in [0.15, 0.2) is 36.8 Å². The van der Waals surface area contributed by atoms with E-state index in [0.29, 0.717) is 0 Å². The molecule has 4 rings (SSSR count). The van der Waals surface area contributed by atoms with Gasteiger partial charge in [0.25, 0.3) is 0 Å². The number of benzene rings is 1.